The van der Waals surface area contributed by atoms with E-state index in [-0.39, 0.29) is 16.9 Å². The second kappa shape index (κ2) is 5.51. The van der Waals surface area contributed by atoms with E-state index in [0.717, 1.165) is 19.1 Å². The summed E-state index contributed by atoms with van der Waals surface area (Å²) in [6.07, 6.45) is -4.76. The van der Waals surface area contributed by atoms with Gasteiger partial charge in [-0.3, -0.25) is 14.9 Å². The summed E-state index contributed by atoms with van der Waals surface area (Å²) >= 11 is 0. The summed E-state index contributed by atoms with van der Waals surface area (Å²) < 4.78 is 38.9. The maximum Gasteiger partial charge on any atom is 0.418 e. The van der Waals surface area contributed by atoms with Crippen LogP contribution in [-0.4, -0.2) is 20.9 Å². The fourth-order valence-electron chi connectivity index (χ4n) is 1.76. The zero-order valence-electron chi connectivity index (χ0n) is 11.1. The van der Waals surface area contributed by atoms with Crippen LogP contribution in [0.4, 0.5) is 18.9 Å². The molecule has 0 aliphatic heterocycles. The molecule has 0 aliphatic carbocycles. The number of hydrogen-bond donors (Lipinski definition) is 0. The third-order valence-electron chi connectivity index (χ3n) is 2.81. The van der Waals surface area contributed by atoms with Crippen LogP contribution >= 0.6 is 0 Å². The van der Waals surface area contributed by atoms with Gasteiger partial charge in [0.2, 0.25) is 0 Å². The molecule has 1 aromatic carbocycles. The summed E-state index contributed by atoms with van der Waals surface area (Å²) in [4.78, 5) is 21.1. The van der Waals surface area contributed by atoms with E-state index in [0.29, 0.717) is 6.07 Å². The first-order chi connectivity index (χ1) is 10.2. The molecule has 2 rings (SSSR count). The van der Waals surface area contributed by atoms with E-state index in [1.165, 1.54) is 12.1 Å². The van der Waals surface area contributed by atoms with E-state index in [2.05, 4.69) is 10.2 Å². The number of Topliss-reactive ketones (excluding diaryl/α,β-unsaturated/α-hetero) is 1. The molecule has 1 aromatic heterocycles. The minimum Gasteiger partial charge on any atom is -0.293 e. The van der Waals surface area contributed by atoms with E-state index in [1.54, 1.807) is 0 Å². The number of carbonyl (C=O) groups excluding carboxylic acids is 1. The average molecular weight is 311 g/mol. The molecule has 0 aliphatic rings. The number of benzene rings is 1. The maximum absolute atomic E-state index is 13.0. The highest BCUT2D eigenvalue weighted by Gasteiger charge is 2.36. The van der Waals surface area contributed by atoms with Gasteiger partial charge < -0.3 is 0 Å². The smallest absolute Gasteiger partial charge is 0.293 e. The Hall–Kier alpha value is -2.84. The number of aromatic nitrogens is 2. The molecule has 0 bridgehead atoms. The predicted octanol–water partition coefficient (Wildman–Crippen LogP) is 3.27. The molecule has 114 valence electrons. The van der Waals surface area contributed by atoms with Crippen LogP contribution in [0.2, 0.25) is 0 Å². The van der Waals surface area contributed by atoms with Crippen LogP contribution in [0, 0.1) is 10.1 Å². The minimum atomic E-state index is -4.76. The van der Waals surface area contributed by atoms with Crippen LogP contribution in [-0.2, 0) is 6.18 Å². The Morgan fingerprint density at radius 1 is 1.18 bits per heavy atom. The van der Waals surface area contributed by atoms with Crippen molar-refractivity contribution in [2.75, 3.05) is 0 Å². The molecule has 0 saturated heterocycles. The Morgan fingerprint density at radius 3 is 2.23 bits per heavy atom. The van der Waals surface area contributed by atoms with Crippen molar-refractivity contribution in [1.82, 2.24) is 10.2 Å². The van der Waals surface area contributed by atoms with Crippen molar-refractivity contribution in [1.29, 1.82) is 0 Å². The van der Waals surface area contributed by atoms with Gasteiger partial charge in [-0.1, -0.05) is 0 Å². The molecule has 0 unspecified atom stereocenters. The average Bonchev–Trinajstić information content (AvgIpc) is 2.45. The number of non-ortho nitro benzene ring substituents is 1. The van der Waals surface area contributed by atoms with Gasteiger partial charge in [0.15, 0.2) is 5.78 Å². The Kier molecular flexibility index (Phi) is 3.89. The zero-order valence-corrected chi connectivity index (χ0v) is 11.1. The fourth-order valence-corrected chi connectivity index (χ4v) is 1.76. The molecule has 0 radical (unpaired) electrons. The van der Waals surface area contributed by atoms with Gasteiger partial charge in [0.05, 0.1) is 16.2 Å². The predicted molar refractivity (Wildman–Crippen MR) is 69.1 cm³/mol. The van der Waals surface area contributed by atoms with Gasteiger partial charge in [-0.2, -0.15) is 13.2 Å². The van der Waals surface area contributed by atoms with Gasteiger partial charge in [-0.05, 0) is 18.2 Å². The first-order valence-corrected chi connectivity index (χ1v) is 5.91. The Bertz CT molecular complexity index is 742. The molecule has 0 amide bonds. The van der Waals surface area contributed by atoms with Crippen LogP contribution in [0.25, 0.3) is 11.3 Å². The highest BCUT2D eigenvalue weighted by atomic mass is 19.4. The third-order valence-corrected chi connectivity index (χ3v) is 2.81. The molecule has 0 spiro atoms. The Morgan fingerprint density at radius 2 is 1.77 bits per heavy atom. The number of nitro groups is 1. The summed E-state index contributed by atoms with van der Waals surface area (Å²) in [5, 5.41) is 17.4. The van der Waals surface area contributed by atoms with E-state index in [4.69, 9.17) is 0 Å². The quantitative estimate of drug-likeness (QED) is 0.493. The first kappa shape index (κ1) is 15.5. The standard InChI is InChI=1S/C13H8F3N3O3/c1-7(20)12-10(13(14,15)16)6-11(17-18-12)8-2-4-9(5-3-8)19(21)22/h2-6H,1H3. The number of carbonyl (C=O) groups is 1. The van der Waals surface area contributed by atoms with Crippen molar-refractivity contribution in [3.8, 4) is 11.3 Å². The second-order valence-electron chi connectivity index (χ2n) is 4.35. The topological polar surface area (TPSA) is 86.0 Å². The van der Waals surface area contributed by atoms with Crippen LogP contribution in [0.15, 0.2) is 30.3 Å². The summed E-state index contributed by atoms with van der Waals surface area (Å²) in [5.41, 5.74) is -2.07. The van der Waals surface area contributed by atoms with Crippen LogP contribution in [0.5, 0.6) is 0 Å². The van der Waals surface area contributed by atoms with E-state index < -0.39 is 28.1 Å². The van der Waals surface area contributed by atoms with E-state index >= 15 is 0 Å². The van der Waals surface area contributed by atoms with E-state index in [9.17, 15) is 28.1 Å². The highest BCUT2D eigenvalue weighted by Crippen LogP contribution is 2.33. The number of alkyl halides is 3. The lowest BCUT2D eigenvalue weighted by atomic mass is 10.1. The Labute approximate surface area is 121 Å². The maximum atomic E-state index is 13.0. The molecule has 0 atom stereocenters. The fraction of sp³-hybridized carbons (Fsp3) is 0.154. The molecule has 2 aromatic rings. The third kappa shape index (κ3) is 3.08. The molecule has 0 saturated carbocycles. The van der Waals surface area contributed by atoms with Crippen molar-refractivity contribution in [2.24, 2.45) is 0 Å². The lowest BCUT2D eigenvalue weighted by Gasteiger charge is -2.11. The van der Waals surface area contributed by atoms with E-state index in [1.807, 2.05) is 0 Å². The molecular formula is C13H8F3N3O3. The van der Waals surface area contributed by atoms with Gasteiger partial charge in [-0.15, -0.1) is 10.2 Å². The van der Waals surface area contributed by atoms with Crippen molar-refractivity contribution >= 4 is 11.5 Å². The molecule has 22 heavy (non-hydrogen) atoms. The monoisotopic (exact) mass is 311 g/mol. The van der Waals surface area contributed by atoms with Crippen LogP contribution in [0.1, 0.15) is 23.0 Å². The molecule has 6 nitrogen and oxygen atoms in total. The van der Waals surface area contributed by atoms with Gasteiger partial charge in [0.25, 0.3) is 5.69 Å². The zero-order chi connectivity index (χ0) is 16.5. The number of nitro benzene ring substituents is 1. The minimum absolute atomic E-state index is 0.132. The SMILES string of the molecule is CC(=O)c1nnc(-c2ccc([N+](=O)[O-])cc2)cc1C(F)(F)F. The number of halogens is 3. The molecular weight excluding hydrogens is 303 g/mol. The van der Waals surface area contributed by atoms with Crippen LogP contribution < -0.4 is 0 Å². The summed E-state index contributed by atoms with van der Waals surface area (Å²) in [5.74, 6) is -0.852. The summed E-state index contributed by atoms with van der Waals surface area (Å²) in [6, 6.07) is 5.50. The molecule has 1 heterocycles. The van der Waals surface area contributed by atoms with Gasteiger partial charge in [0.1, 0.15) is 5.69 Å². The van der Waals surface area contributed by atoms with Gasteiger partial charge in [0, 0.05) is 24.6 Å². The highest BCUT2D eigenvalue weighted by molar-refractivity contribution is 5.93. The number of rotatable bonds is 3. The second-order valence-corrected chi connectivity index (χ2v) is 4.35. The summed E-state index contributed by atoms with van der Waals surface area (Å²) in [7, 11) is 0. The first-order valence-electron chi connectivity index (χ1n) is 5.91. The normalized spacial score (nSPS) is 11.3. The van der Waals surface area contributed by atoms with Crippen molar-refractivity contribution in [3.05, 3.63) is 51.7 Å². The molecule has 0 N–H and O–H groups in total. The van der Waals surface area contributed by atoms with Crippen molar-refractivity contribution in [2.45, 2.75) is 13.1 Å². The number of nitrogens with zero attached hydrogens (tertiary/aromatic N) is 3. The number of hydrogen-bond acceptors (Lipinski definition) is 5. The van der Waals surface area contributed by atoms with Gasteiger partial charge >= 0.3 is 6.18 Å². The molecule has 0 fully saturated rings. The Balaban J connectivity index is 2.53. The van der Waals surface area contributed by atoms with Crippen molar-refractivity contribution < 1.29 is 22.9 Å². The number of ketones is 1. The lowest BCUT2D eigenvalue weighted by molar-refractivity contribution is -0.384. The van der Waals surface area contributed by atoms with Crippen molar-refractivity contribution in [3.63, 3.8) is 0 Å². The summed E-state index contributed by atoms with van der Waals surface area (Å²) in [6.45, 7) is 0.963. The largest absolute Gasteiger partial charge is 0.418 e. The molecule has 9 heteroatoms. The lowest BCUT2D eigenvalue weighted by Crippen LogP contribution is -2.15. The van der Waals surface area contributed by atoms with Crippen LogP contribution in [0.3, 0.4) is 0 Å². The van der Waals surface area contributed by atoms with Gasteiger partial charge in [-0.25, -0.2) is 0 Å².